The third kappa shape index (κ3) is 5.10. The average molecular weight is 325 g/mol. The van der Waals surface area contributed by atoms with E-state index in [1.807, 2.05) is 19.0 Å². The van der Waals surface area contributed by atoms with Gasteiger partial charge in [-0.05, 0) is 32.3 Å². The maximum Gasteiger partial charge on any atom is 0.418 e. The van der Waals surface area contributed by atoms with E-state index in [0.29, 0.717) is 18.3 Å². The Balaban J connectivity index is 2.12. The van der Waals surface area contributed by atoms with Crippen molar-refractivity contribution in [2.24, 2.45) is 0 Å². The second kappa shape index (κ2) is 7.28. The minimum atomic E-state index is -4.43. The third-order valence-corrected chi connectivity index (χ3v) is 2.99. The number of para-hydroxylation sites is 1. The number of rotatable bonds is 6. The number of aromatic nitrogens is 2. The van der Waals surface area contributed by atoms with Crippen LogP contribution in [0.25, 0.3) is 0 Å². The SMILES string of the molecule is CN(C)CCNc1nccc(Nc2ccccc2C(F)(F)F)n1. The van der Waals surface area contributed by atoms with Crippen LogP contribution in [-0.4, -0.2) is 42.1 Å². The topological polar surface area (TPSA) is 53.1 Å². The van der Waals surface area contributed by atoms with Gasteiger partial charge in [-0.25, -0.2) is 4.98 Å². The minimum Gasteiger partial charge on any atom is -0.353 e. The van der Waals surface area contributed by atoms with Gasteiger partial charge >= 0.3 is 6.18 Å². The molecule has 0 aliphatic rings. The van der Waals surface area contributed by atoms with Crippen LogP contribution in [0.4, 0.5) is 30.6 Å². The number of halogens is 3. The van der Waals surface area contributed by atoms with Gasteiger partial charge in [0.15, 0.2) is 0 Å². The van der Waals surface area contributed by atoms with Crippen LogP contribution in [0.15, 0.2) is 36.5 Å². The smallest absolute Gasteiger partial charge is 0.353 e. The Hall–Kier alpha value is -2.35. The number of anilines is 3. The van der Waals surface area contributed by atoms with E-state index in [1.165, 1.54) is 30.5 Å². The fourth-order valence-electron chi connectivity index (χ4n) is 1.88. The first-order valence-corrected chi connectivity index (χ1v) is 7.01. The van der Waals surface area contributed by atoms with Gasteiger partial charge in [0.1, 0.15) is 5.82 Å². The maximum atomic E-state index is 13.0. The summed E-state index contributed by atoms with van der Waals surface area (Å²) in [7, 11) is 3.88. The van der Waals surface area contributed by atoms with Crippen LogP contribution in [0.2, 0.25) is 0 Å². The lowest BCUT2D eigenvalue weighted by atomic mass is 10.1. The van der Waals surface area contributed by atoms with Crippen LogP contribution in [0.3, 0.4) is 0 Å². The highest BCUT2D eigenvalue weighted by Crippen LogP contribution is 2.35. The lowest BCUT2D eigenvalue weighted by Crippen LogP contribution is -2.21. The number of alkyl halides is 3. The standard InChI is InChI=1S/C15H18F3N5/c1-23(2)10-9-20-14-19-8-7-13(22-14)21-12-6-4-3-5-11(12)15(16,17)18/h3-8H,9-10H2,1-2H3,(H2,19,20,21,22). The van der Waals surface area contributed by atoms with E-state index < -0.39 is 11.7 Å². The van der Waals surface area contributed by atoms with Crippen molar-refractivity contribution in [3.63, 3.8) is 0 Å². The first-order valence-electron chi connectivity index (χ1n) is 7.01. The van der Waals surface area contributed by atoms with Crippen molar-refractivity contribution in [3.05, 3.63) is 42.1 Å². The van der Waals surface area contributed by atoms with E-state index in [4.69, 9.17) is 0 Å². The monoisotopic (exact) mass is 325 g/mol. The van der Waals surface area contributed by atoms with E-state index >= 15 is 0 Å². The van der Waals surface area contributed by atoms with Gasteiger partial charge in [0.05, 0.1) is 11.3 Å². The summed E-state index contributed by atoms with van der Waals surface area (Å²) in [6, 6.07) is 6.80. The van der Waals surface area contributed by atoms with E-state index in [-0.39, 0.29) is 5.69 Å². The number of benzene rings is 1. The van der Waals surface area contributed by atoms with Crippen molar-refractivity contribution < 1.29 is 13.2 Å². The molecule has 23 heavy (non-hydrogen) atoms. The summed E-state index contributed by atoms with van der Waals surface area (Å²) in [4.78, 5) is 10.2. The van der Waals surface area contributed by atoms with Gasteiger partial charge in [-0.1, -0.05) is 12.1 Å². The van der Waals surface area contributed by atoms with Crippen molar-refractivity contribution in [2.45, 2.75) is 6.18 Å². The van der Waals surface area contributed by atoms with Crippen LogP contribution >= 0.6 is 0 Å². The van der Waals surface area contributed by atoms with Gasteiger partial charge in [-0.3, -0.25) is 0 Å². The largest absolute Gasteiger partial charge is 0.418 e. The summed E-state index contributed by atoms with van der Waals surface area (Å²) in [6.45, 7) is 1.42. The zero-order valence-electron chi connectivity index (χ0n) is 12.9. The van der Waals surface area contributed by atoms with Crippen molar-refractivity contribution in [3.8, 4) is 0 Å². The van der Waals surface area contributed by atoms with E-state index in [9.17, 15) is 13.2 Å². The molecule has 0 atom stereocenters. The first-order chi connectivity index (χ1) is 10.9. The zero-order valence-corrected chi connectivity index (χ0v) is 12.9. The third-order valence-electron chi connectivity index (χ3n) is 2.99. The second-order valence-electron chi connectivity index (χ2n) is 5.16. The summed E-state index contributed by atoms with van der Waals surface area (Å²) >= 11 is 0. The normalized spacial score (nSPS) is 11.6. The number of likely N-dealkylation sites (N-methyl/N-ethyl adjacent to an activating group) is 1. The second-order valence-corrected chi connectivity index (χ2v) is 5.16. The Kier molecular flexibility index (Phi) is 5.38. The Labute approximate surface area is 132 Å². The molecule has 1 aromatic carbocycles. The van der Waals surface area contributed by atoms with Gasteiger partial charge in [0, 0.05) is 19.3 Å². The van der Waals surface area contributed by atoms with Crippen LogP contribution in [0, 0.1) is 0 Å². The highest BCUT2D eigenvalue weighted by Gasteiger charge is 2.33. The Morgan fingerprint density at radius 1 is 1.13 bits per heavy atom. The molecule has 0 unspecified atom stereocenters. The quantitative estimate of drug-likeness (QED) is 0.854. The van der Waals surface area contributed by atoms with Crippen LogP contribution < -0.4 is 10.6 Å². The highest BCUT2D eigenvalue weighted by molar-refractivity contribution is 5.61. The number of nitrogens with one attached hydrogen (secondary N) is 2. The fraction of sp³-hybridized carbons (Fsp3) is 0.333. The van der Waals surface area contributed by atoms with Gasteiger partial charge in [-0.2, -0.15) is 18.2 Å². The molecule has 0 bridgehead atoms. The van der Waals surface area contributed by atoms with E-state index in [1.54, 1.807) is 0 Å². The lowest BCUT2D eigenvalue weighted by molar-refractivity contribution is -0.136. The van der Waals surface area contributed by atoms with Crippen LogP contribution in [0.1, 0.15) is 5.56 Å². The summed E-state index contributed by atoms with van der Waals surface area (Å²) in [6.07, 6.45) is -2.94. The van der Waals surface area contributed by atoms with Crippen LogP contribution in [-0.2, 0) is 6.18 Å². The summed E-state index contributed by atoms with van der Waals surface area (Å²) < 4.78 is 38.9. The molecule has 1 aromatic heterocycles. The maximum absolute atomic E-state index is 13.0. The molecule has 2 rings (SSSR count). The summed E-state index contributed by atoms with van der Waals surface area (Å²) in [5.74, 6) is 0.658. The van der Waals surface area contributed by atoms with Gasteiger partial charge in [0.2, 0.25) is 5.95 Å². The molecule has 0 saturated carbocycles. The van der Waals surface area contributed by atoms with E-state index in [0.717, 1.165) is 12.6 Å². The average Bonchev–Trinajstić information content (AvgIpc) is 2.47. The van der Waals surface area contributed by atoms with E-state index in [2.05, 4.69) is 20.6 Å². The number of hydrogen-bond acceptors (Lipinski definition) is 5. The number of nitrogens with zero attached hydrogens (tertiary/aromatic N) is 3. The van der Waals surface area contributed by atoms with Gasteiger partial charge < -0.3 is 15.5 Å². The molecular formula is C15H18F3N5. The first kappa shape index (κ1) is 17.0. The Morgan fingerprint density at radius 3 is 2.57 bits per heavy atom. The molecule has 5 nitrogen and oxygen atoms in total. The molecule has 2 N–H and O–H groups in total. The predicted octanol–water partition coefficient (Wildman–Crippen LogP) is 3.21. The van der Waals surface area contributed by atoms with Crippen molar-refractivity contribution >= 4 is 17.5 Å². The molecule has 0 aliphatic carbocycles. The van der Waals surface area contributed by atoms with Gasteiger partial charge in [-0.15, -0.1) is 0 Å². The van der Waals surface area contributed by atoms with Crippen LogP contribution in [0.5, 0.6) is 0 Å². The summed E-state index contributed by atoms with van der Waals surface area (Å²) in [5, 5.41) is 5.72. The highest BCUT2D eigenvalue weighted by atomic mass is 19.4. The van der Waals surface area contributed by atoms with Crippen molar-refractivity contribution in [1.29, 1.82) is 0 Å². The molecule has 0 spiro atoms. The predicted molar refractivity (Wildman–Crippen MR) is 83.8 cm³/mol. The molecule has 0 aliphatic heterocycles. The summed E-state index contributed by atoms with van der Waals surface area (Å²) in [5.41, 5.74) is -0.779. The minimum absolute atomic E-state index is 0.0436. The molecule has 0 amide bonds. The Bertz CT molecular complexity index is 643. The molecule has 124 valence electrons. The fourth-order valence-corrected chi connectivity index (χ4v) is 1.88. The molecule has 2 aromatic rings. The molecule has 0 saturated heterocycles. The zero-order chi connectivity index (χ0) is 16.9. The molecular weight excluding hydrogens is 307 g/mol. The van der Waals surface area contributed by atoms with Crippen molar-refractivity contribution in [1.82, 2.24) is 14.9 Å². The molecule has 8 heteroatoms. The lowest BCUT2D eigenvalue weighted by Gasteiger charge is -2.14. The molecule has 0 radical (unpaired) electrons. The van der Waals surface area contributed by atoms with Gasteiger partial charge in [0.25, 0.3) is 0 Å². The molecule has 1 heterocycles. The molecule has 0 fully saturated rings. The number of hydrogen-bond donors (Lipinski definition) is 2. The van der Waals surface area contributed by atoms with Crippen molar-refractivity contribution in [2.75, 3.05) is 37.8 Å². The Morgan fingerprint density at radius 2 is 1.87 bits per heavy atom.